The Labute approximate surface area is 183 Å². The summed E-state index contributed by atoms with van der Waals surface area (Å²) in [6.45, 7) is 8.97. The van der Waals surface area contributed by atoms with Gasteiger partial charge in [-0.3, -0.25) is 9.59 Å². The predicted octanol–water partition coefficient (Wildman–Crippen LogP) is 1.74. The number of fused-ring (bicyclic) bond motifs is 6. The molecule has 7 heteroatoms. The minimum absolute atomic E-state index is 0.0445. The lowest BCUT2D eigenvalue weighted by Gasteiger charge is -2.63. The van der Waals surface area contributed by atoms with Crippen LogP contribution in [0.2, 0.25) is 0 Å². The number of hydrogen-bond donors (Lipinski definition) is 3. The summed E-state index contributed by atoms with van der Waals surface area (Å²) in [5.41, 5.74) is -4.72. The molecule has 7 nitrogen and oxygen atoms in total. The Morgan fingerprint density at radius 1 is 1.00 bits per heavy atom. The van der Waals surface area contributed by atoms with Gasteiger partial charge in [-0.05, 0) is 64.2 Å². The number of hydrogen-bond acceptors (Lipinski definition) is 7. The number of ether oxygens (including phenoxy) is 2. The molecule has 5 aliphatic rings. The van der Waals surface area contributed by atoms with Gasteiger partial charge in [0.25, 0.3) is 0 Å². The average Bonchev–Trinajstić information content (AvgIpc) is 3.05. The average molecular weight is 437 g/mol. The number of ketones is 2. The summed E-state index contributed by atoms with van der Waals surface area (Å²) >= 11 is 0. The molecule has 0 bridgehead atoms. The van der Waals surface area contributed by atoms with Gasteiger partial charge in [-0.2, -0.15) is 0 Å². The fourth-order valence-electron chi connectivity index (χ4n) is 8.66. The van der Waals surface area contributed by atoms with E-state index in [-0.39, 0.29) is 48.6 Å². The molecule has 1 saturated heterocycles. The SMILES string of the molecule is CC(=O)[C@@]1(O)[C@H](O)C[C@H]2[C@@H]3CC(=O)[C@@]4(O)C[C@@H]5OC(C)(C)O[C@@H]5C[C@]4(C)[C@H]3CC[C@@]21C. The Kier molecular flexibility index (Phi) is 4.37. The third-order valence-electron chi connectivity index (χ3n) is 10.2. The van der Waals surface area contributed by atoms with Gasteiger partial charge in [0.05, 0.1) is 18.3 Å². The topological polar surface area (TPSA) is 113 Å². The first kappa shape index (κ1) is 22.0. The summed E-state index contributed by atoms with van der Waals surface area (Å²) in [5, 5.41) is 33.8. The summed E-state index contributed by atoms with van der Waals surface area (Å²) in [6.07, 6.45) is 0.923. The number of Topliss-reactive ketones (excluding diaryl/α,β-unsaturated/α-hetero) is 2. The van der Waals surface area contributed by atoms with Crippen molar-refractivity contribution in [1.29, 1.82) is 0 Å². The van der Waals surface area contributed by atoms with Crippen molar-refractivity contribution >= 4 is 11.6 Å². The molecule has 0 aromatic heterocycles. The molecule has 10 atom stereocenters. The number of aliphatic hydroxyl groups is 3. The molecule has 3 N–H and O–H groups in total. The highest BCUT2D eigenvalue weighted by Gasteiger charge is 2.74. The lowest BCUT2D eigenvalue weighted by molar-refractivity contribution is -0.224. The van der Waals surface area contributed by atoms with E-state index in [0.717, 1.165) is 0 Å². The van der Waals surface area contributed by atoms with Crippen LogP contribution >= 0.6 is 0 Å². The normalized spacial score (nSPS) is 57.6. The smallest absolute Gasteiger partial charge is 0.165 e. The molecule has 31 heavy (non-hydrogen) atoms. The van der Waals surface area contributed by atoms with E-state index in [4.69, 9.17) is 9.47 Å². The van der Waals surface area contributed by atoms with Gasteiger partial charge in [0.15, 0.2) is 23.0 Å². The zero-order valence-electron chi connectivity index (χ0n) is 19.2. The van der Waals surface area contributed by atoms with Gasteiger partial charge >= 0.3 is 0 Å². The molecule has 0 radical (unpaired) electrons. The summed E-state index contributed by atoms with van der Waals surface area (Å²) < 4.78 is 12.2. The Morgan fingerprint density at radius 2 is 1.61 bits per heavy atom. The number of rotatable bonds is 1. The molecule has 5 rings (SSSR count). The second-order valence-corrected chi connectivity index (χ2v) is 11.9. The monoisotopic (exact) mass is 436 g/mol. The van der Waals surface area contributed by atoms with E-state index < -0.39 is 39.7 Å². The first-order valence-corrected chi connectivity index (χ1v) is 11.7. The van der Waals surface area contributed by atoms with E-state index in [1.807, 2.05) is 27.7 Å². The van der Waals surface area contributed by atoms with Crippen LogP contribution in [0.3, 0.4) is 0 Å². The third-order valence-corrected chi connectivity index (χ3v) is 10.2. The van der Waals surface area contributed by atoms with Crippen LogP contribution in [0.5, 0.6) is 0 Å². The van der Waals surface area contributed by atoms with E-state index in [1.165, 1.54) is 6.92 Å². The second kappa shape index (κ2) is 6.17. The van der Waals surface area contributed by atoms with E-state index in [2.05, 4.69) is 0 Å². The number of carbonyl (C=O) groups is 2. The predicted molar refractivity (Wildman–Crippen MR) is 110 cm³/mol. The molecule has 0 unspecified atom stereocenters. The molecule has 0 amide bonds. The van der Waals surface area contributed by atoms with Gasteiger partial charge in [-0.15, -0.1) is 0 Å². The number of carbonyl (C=O) groups excluding carboxylic acids is 2. The van der Waals surface area contributed by atoms with Gasteiger partial charge in [-0.25, -0.2) is 0 Å². The van der Waals surface area contributed by atoms with Crippen molar-refractivity contribution in [3.05, 3.63) is 0 Å². The molecule has 174 valence electrons. The van der Waals surface area contributed by atoms with Gasteiger partial charge in [0.2, 0.25) is 0 Å². The molecule has 0 aromatic rings. The number of aliphatic hydroxyl groups excluding tert-OH is 1. The molecule has 4 aliphatic carbocycles. The standard InChI is InChI=1S/C24H36O7/c1-12(25)24(29)19(27)9-15-13-8-18(26)23(28)11-17-16(30-20(2,3)31-17)10-22(23,5)14(13)6-7-21(15,24)4/h13-17,19,27-29H,6-11H2,1-5H3/t13-,14+,15+,16-,17+,19-,21+,22-,23+,24-/m1/s1. The van der Waals surface area contributed by atoms with Crippen molar-refractivity contribution in [2.45, 2.75) is 108 Å². The summed E-state index contributed by atoms with van der Waals surface area (Å²) in [7, 11) is 0. The van der Waals surface area contributed by atoms with Crippen LogP contribution < -0.4 is 0 Å². The first-order valence-electron chi connectivity index (χ1n) is 11.7. The third kappa shape index (κ3) is 2.47. The van der Waals surface area contributed by atoms with Crippen molar-refractivity contribution < 1.29 is 34.4 Å². The van der Waals surface area contributed by atoms with Gasteiger partial charge in [0.1, 0.15) is 5.60 Å². The largest absolute Gasteiger partial charge is 0.390 e. The Bertz CT molecular complexity index is 840. The molecule has 1 aliphatic heterocycles. The highest BCUT2D eigenvalue weighted by molar-refractivity contribution is 5.90. The maximum Gasteiger partial charge on any atom is 0.165 e. The van der Waals surface area contributed by atoms with Gasteiger partial charge in [-0.1, -0.05) is 13.8 Å². The van der Waals surface area contributed by atoms with Gasteiger partial charge < -0.3 is 24.8 Å². The molecule has 4 saturated carbocycles. The Balaban J connectivity index is 1.53. The highest BCUT2D eigenvalue weighted by Crippen LogP contribution is 2.69. The van der Waals surface area contributed by atoms with Crippen molar-refractivity contribution in [3.63, 3.8) is 0 Å². The molecular weight excluding hydrogens is 400 g/mol. The lowest BCUT2D eigenvalue weighted by Crippen LogP contribution is -2.69. The van der Waals surface area contributed by atoms with Crippen LogP contribution in [0.15, 0.2) is 0 Å². The lowest BCUT2D eigenvalue weighted by atomic mass is 9.42. The van der Waals surface area contributed by atoms with Crippen molar-refractivity contribution in [2.75, 3.05) is 0 Å². The van der Waals surface area contributed by atoms with E-state index in [9.17, 15) is 24.9 Å². The van der Waals surface area contributed by atoms with Crippen LogP contribution in [0.4, 0.5) is 0 Å². The van der Waals surface area contributed by atoms with Crippen LogP contribution in [-0.4, -0.2) is 62.2 Å². The summed E-state index contributed by atoms with van der Waals surface area (Å²) in [6, 6.07) is 0. The maximum atomic E-state index is 13.5. The minimum atomic E-state index is -1.79. The van der Waals surface area contributed by atoms with Crippen LogP contribution in [0.25, 0.3) is 0 Å². The summed E-state index contributed by atoms with van der Waals surface area (Å²) in [4.78, 5) is 25.9. The molecule has 0 aromatic carbocycles. The van der Waals surface area contributed by atoms with Gasteiger partial charge in [0, 0.05) is 23.7 Å². The van der Waals surface area contributed by atoms with Crippen molar-refractivity contribution in [2.24, 2.45) is 28.6 Å². The minimum Gasteiger partial charge on any atom is -0.390 e. The quantitative estimate of drug-likeness (QED) is 0.574. The van der Waals surface area contributed by atoms with Crippen molar-refractivity contribution in [1.82, 2.24) is 0 Å². The first-order chi connectivity index (χ1) is 14.2. The molecular formula is C24H36O7. The van der Waals surface area contributed by atoms with Crippen LogP contribution in [-0.2, 0) is 19.1 Å². The fraction of sp³-hybridized carbons (Fsp3) is 0.917. The highest BCUT2D eigenvalue weighted by atomic mass is 16.8. The molecule has 5 fully saturated rings. The summed E-state index contributed by atoms with van der Waals surface area (Å²) in [5.74, 6) is -1.53. The van der Waals surface area contributed by atoms with Crippen molar-refractivity contribution in [3.8, 4) is 0 Å². The fourth-order valence-corrected chi connectivity index (χ4v) is 8.66. The van der Waals surface area contributed by atoms with Crippen LogP contribution in [0.1, 0.15) is 73.1 Å². The van der Waals surface area contributed by atoms with E-state index >= 15 is 0 Å². The Hall–Kier alpha value is -0.860. The zero-order valence-corrected chi connectivity index (χ0v) is 19.2. The van der Waals surface area contributed by atoms with Crippen LogP contribution in [0, 0.1) is 28.6 Å². The van der Waals surface area contributed by atoms with E-state index in [1.54, 1.807) is 0 Å². The maximum absolute atomic E-state index is 13.5. The molecule has 0 spiro atoms. The van der Waals surface area contributed by atoms with E-state index in [0.29, 0.717) is 25.7 Å². The molecule has 1 heterocycles. The second-order valence-electron chi connectivity index (χ2n) is 11.9. The zero-order chi connectivity index (χ0) is 22.8. The Morgan fingerprint density at radius 3 is 2.23 bits per heavy atom.